The molecule has 1 aromatic carbocycles. The third-order valence-electron chi connectivity index (χ3n) is 3.38. The first kappa shape index (κ1) is 11.5. The summed E-state index contributed by atoms with van der Waals surface area (Å²) in [6, 6.07) is 8.64. The molecule has 0 radical (unpaired) electrons. The highest BCUT2D eigenvalue weighted by Crippen LogP contribution is 2.28. The Morgan fingerprint density at radius 1 is 1.19 bits per heavy atom. The number of hydrogen-bond acceptors (Lipinski definition) is 2. The summed E-state index contributed by atoms with van der Waals surface area (Å²) in [5.41, 5.74) is 1.47. The maximum atomic E-state index is 5.46. The first-order valence-electron chi connectivity index (χ1n) is 6.21. The van der Waals surface area contributed by atoms with Gasteiger partial charge in [-0.3, -0.25) is 0 Å². The average Bonchev–Trinajstić information content (AvgIpc) is 2.32. The first-order valence-corrected chi connectivity index (χ1v) is 6.21. The van der Waals surface area contributed by atoms with Gasteiger partial charge in [0.05, 0.1) is 6.61 Å². The second-order valence-electron chi connectivity index (χ2n) is 4.58. The lowest BCUT2D eigenvalue weighted by Gasteiger charge is -2.29. The van der Waals surface area contributed by atoms with Crippen LogP contribution in [0.15, 0.2) is 24.3 Å². The molecule has 0 spiro atoms. The third-order valence-corrected chi connectivity index (χ3v) is 3.38. The molecule has 0 saturated carbocycles. The number of ether oxygens (including phenoxy) is 1. The topological polar surface area (TPSA) is 12.5 Å². The first-order chi connectivity index (χ1) is 7.79. The predicted octanol–water partition coefficient (Wildman–Crippen LogP) is 2.89. The van der Waals surface area contributed by atoms with Gasteiger partial charge in [-0.2, -0.15) is 0 Å². The van der Waals surface area contributed by atoms with E-state index in [2.05, 4.69) is 36.2 Å². The van der Waals surface area contributed by atoms with E-state index in [1.54, 1.807) is 0 Å². The van der Waals surface area contributed by atoms with Crippen LogP contribution in [0.5, 0.6) is 5.75 Å². The summed E-state index contributed by atoms with van der Waals surface area (Å²) in [6.07, 6.45) is 2.56. The van der Waals surface area contributed by atoms with Crippen LogP contribution >= 0.6 is 0 Å². The van der Waals surface area contributed by atoms with Crippen molar-refractivity contribution in [1.29, 1.82) is 0 Å². The number of nitrogens with zero attached hydrogens (tertiary/aromatic N) is 1. The van der Waals surface area contributed by atoms with Crippen LogP contribution in [-0.2, 0) is 0 Å². The van der Waals surface area contributed by atoms with Crippen LogP contribution in [0.4, 0.5) is 0 Å². The second kappa shape index (κ2) is 5.35. The van der Waals surface area contributed by atoms with Crippen LogP contribution < -0.4 is 4.74 Å². The molecule has 0 N–H and O–H groups in total. The summed E-state index contributed by atoms with van der Waals surface area (Å²) in [4.78, 5) is 2.41. The van der Waals surface area contributed by atoms with Gasteiger partial charge in [-0.05, 0) is 63.5 Å². The van der Waals surface area contributed by atoms with Crippen LogP contribution in [0.1, 0.15) is 31.2 Å². The SMILES string of the molecule is CCOc1ccc(C2CCN(C)CC2)cc1. The Morgan fingerprint density at radius 3 is 2.38 bits per heavy atom. The highest BCUT2D eigenvalue weighted by atomic mass is 16.5. The van der Waals surface area contributed by atoms with Gasteiger partial charge in [-0.15, -0.1) is 0 Å². The van der Waals surface area contributed by atoms with Crippen LogP contribution in [0.3, 0.4) is 0 Å². The Bertz CT molecular complexity index is 312. The van der Waals surface area contributed by atoms with Gasteiger partial charge in [0.15, 0.2) is 0 Å². The molecule has 1 aliphatic rings. The third kappa shape index (κ3) is 2.76. The summed E-state index contributed by atoms with van der Waals surface area (Å²) in [5, 5.41) is 0. The quantitative estimate of drug-likeness (QED) is 0.775. The molecule has 1 fully saturated rings. The maximum Gasteiger partial charge on any atom is 0.119 e. The standard InChI is InChI=1S/C14H21NO/c1-3-16-14-6-4-12(5-7-14)13-8-10-15(2)11-9-13/h4-7,13H,3,8-11H2,1-2H3. The highest BCUT2D eigenvalue weighted by molar-refractivity contribution is 5.29. The van der Waals surface area contributed by atoms with E-state index >= 15 is 0 Å². The molecule has 16 heavy (non-hydrogen) atoms. The number of rotatable bonds is 3. The number of benzene rings is 1. The van der Waals surface area contributed by atoms with E-state index in [4.69, 9.17) is 4.74 Å². The van der Waals surface area contributed by atoms with Crippen LogP contribution in [-0.4, -0.2) is 31.6 Å². The number of piperidine rings is 1. The van der Waals surface area contributed by atoms with Crippen LogP contribution in [0.25, 0.3) is 0 Å². The largest absolute Gasteiger partial charge is 0.494 e. The fourth-order valence-electron chi connectivity index (χ4n) is 2.34. The second-order valence-corrected chi connectivity index (χ2v) is 4.58. The molecular weight excluding hydrogens is 198 g/mol. The van der Waals surface area contributed by atoms with Crippen molar-refractivity contribution >= 4 is 0 Å². The Balaban J connectivity index is 1.98. The molecule has 0 amide bonds. The lowest BCUT2D eigenvalue weighted by atomic mass is 9.90. The van der Waals surface area contributed by atoms with Crippen molar-refractivity contribution in [3.8, 4) is 5.75 Å². The molecule has 1 aliphatic heterocycles. The lowest BCUT2D eigenvalue weighted by Crippen LogP contribution is -2.29. The molecule has 0 bridgehead atoms. The number of hydrogen-bond donors (Lipinski definition) is 0. The van der Waals surface area contributed by atoms with Crippen LogP contribution in [0.2, 0.25) is 0 Å². The summed E-state index contributed by atoms with van der Waals surface area (Å²) in [5.74, 6) is 1.73. The van der Waals surface area contributed by atoms with E-state index in [-0.39, 0.29) is 0 Å². The lowest BCUT2D eigenvalue weighted by molar-refractivity contribution is 0.255. The molecular formula is C14H21NO. The monoisotopic (exact) mass is 219 g/mol. The molecule has 0 atom stereocenters. The zero-order valence-electron chi connectivity index (χ0n) is 10.3. The van der Waals surface area contributed by atoms with E-state index in [1.807, 2.05) is 6.92 Å². The van der Waals surface area contributed by atoms with E-state index in [1.165, 1.54) is 31.5 Å². The minimum Gasteiger partial charge on any atom is -0.494 e. The van der Waals surface area contributed by atoms with Gasteiger partial charge in [0.1, 0.15) is 5.75 Å². The fraction of sp³-hybridized carbons (Fsp3) is 0.571. The Morgan fingerprint density at radius 2 is 1.81 bits per heavy atom. The van der Waals surface area contributed by atoms with E-state index < -0.39 is 0 Å². The van der Waals surface area contributed by atoms with Crippen molar-refractivity contribution in [2.24, 2.45) is 0 Å². The normalized spacial score (nSPS) is 18.6. The molecule has 0 aliphatic carbocycles. The Hall–Kier alpha value is -1.02. The maximum absolute atomic E-state index is 5.46. The van der Waals surface area contributed by atoms with Crippen molar-refractivity contribution in [2.75, 3.05) is 26.7 Å². The molecule has 88 valence electrons. The van der Waals surface area contributed by atoms with Crippen molar-refractivity contribution < 1.29 is 4.74 Å². The molecule has 2 nitrogen and oxygen atoms in total. The highest BCUT2D eigenvalue weighted by Gasteiger charge is 2.17. The minimum absolute atomic E-state index is 0.742. The zero-order valence-corrected chi connectivity index (χ0v) is 10.3. The summed E-state index contributed by atoms with van der Waals surface area (Å²) >= 11 is 0. The van der Waals surface area contributed by atoms with Gasteiger partial charge in [0.25, 0.3) is 0 Å². The van der Waals surface area contributed by atoms with Gasteiger partial charge in [0.2, 0.25) is 0 Å². The molecule has 1 aromatic rings. The molecule has 0 aromatic heterocycles. The minimum atomic E-state index is 0.742. The molecule has 1 heterocycles. The summed E-state index contributed by atoms with van der Waals surface area (Å²) in [6.45, 7) is 5.20. The summed E-state index contributed by atoms with van der Waals surface area (Å²) < 4.78 is 5.46. The van der Waals surface area contributed by atoms with Crippen molar-refractivity contribution in [1.82, 2.24) is 4.90 Å². The Kier molecular flexibility index (Phi) is 3.83. The van der Waals surface area contributed by atoms with Gasteiger partial charge in [-0.25, -0.2) is 0 Å². The van der Waals surface area contributed by atoms with Crippen molar-refractivity contribution in [3.63, 3.8) is 0 Å². The molecule has 2 heteroatoms. The van der Waals surface area contributed by atoms with Gasteiger partial charge < -0.3 is 9.64 Å². The van der Waals surface area contributed by atoms with E-state index in [0.29, 0.717) is 0 Å². The van der Waals surface area contributed by atoms with Crippen molar-refractivity contribution in [2.45, 2.75) is 25.7 Å². The fourth-order valence-corrected chi connectivity index (χ4v) is 2.34. The number of likely N-dealkylation sites (tertiary alicyclic amines) is 1. The Labute approximate surface area is 98.2 Å². The van der Waals surface area contributed by atoms with E-state index in [0.717, 1.165) is 18.3 Å². The smallest absolute Gasteiger partial charge is 0.119 e. The average molecular weight is 219 g/mol. The molecule has 0 unspecified atom stereocenters. The molecule has 1 saturated heterocycles. The van der Waals surface area contributed by atoms with Crippen LogP contribution in [0, 0.1) is 0 Å². The predicted molar refractivity (Wildman–Crippen MR) is 67.1 cm³/mol. The summed E-state index contributed by atoms with van der Waals surface area (Å²) in [7, 11) is 2.20. The van der Waals surface area contributed by atoms with Gasteiger partial charge >= 0.3 is 0 Å². The molecule has 2 rings (SSSR count). The van der Waals surface area contributed by atoms with E-state index in [9.17, 15) is 0 Å². The van der Waals surface area contributed by atoms with Gasteiger partial charge in [0, 0.05) is 0 Å². The zero-order chi connectivity index (χ0) is 11.4. The van der Waals surface area contributed by atoms with Crippen molar-refractivity contribution in [3.05, 3.63) is 29.8 Å². The van der Waals surface area contributed by atoms with Gasteiger partial charge in [-0.1, -0.05) is 12.1 Å².